The summed E-state index contributed by atoms with van der Waals surface area (Å²) in [7, 11) is 0. The van der Waals surface area contributed by atoms with Crippen molar-refractivity contribution in [1.29, 1.82) is 0 Å². The fourth-order valence-corrected chi connectivity index (χ4v) is 2.89. The van der Waals surface area contributed by atoms with Gasteiger partial charge in [0.05, 0.1) is 5.56 Å². The third-order valence-corrected chi connectivity index (χ3v) is 4.22. The molecule has 1 aromatic carbocycles. The number of aryl methyl sites for hydroxylation is 1. The van der Waals surface area contributed by atoms with E-state index in [4.69, 9.17) is 5.11 Å². The zero-order valence-corrected chi connectivity index (χ0v) is 13.5. The van der Waals surface area contributed by atoms with Crippen LogP contribution in [0.5, 0.6) is 0 Å². The maximum Gasteiger partial charge on any atom is 0.416 e. The molecule has 1 aliphatic rings. The quantitative estimate of drug-likeness (QED) is 0.747. The van der Waals surface area contributed by atoms with Crippen LogP contribution in [0.15, 0.2) is 18.2 Å². The van der Waals surface area contributed by atoms with Gasteiger partial charge in [-0.05, 0) is 42.5 Å². The molecule has 0 radical (unpaired) electrons. The molecule has 4 nitrogen and oxygen atoms in total. The summed E-state index contributed by atoms with van der Waals surface area (Å²) < 4.78 is 38.9. The van der Waals surface area contributed by atoms with E-state index in [9.17, 15) is 18.0 Å². The molecule has 2 rings (SSSR count). The van der Waals surface area contributed by atoms with E-state index in [-0.39, 0.29) is 6.42 Å². The van der Waals surface area contributed by atoms with Crippen LogP contribution < -0.4 is 5.32 Å². The van der Waals surface area contributed by atoms with E-state index < -0.39 is 17.7 Å². The van der Waals surface area contributed by atoms with Gasteiger partial charge < -0.3 is 10.4 Å². The topological polar surface area (TPSA) is 52.6 Å². The second-order valence-corrected chi connectivity index (χ2v) is 6.11. The molecule has 0 aromatic heterocycles. The fourth-order valence-electron chi connectivity index (χ4n) is 2.89. The van der Waals surface area contributed by atoms with Gasteiger partial charge in [-0.15, -0.1) is 0 Å². The Kier molecular flexibility index (Phi) is 6.62. The van der Waals surface area contributed by atoms with Gasteiger partial charge in [-0.1, -0.05) is 6.07 Å². The number of halogens is 3. The Balaban J connectivity index is 2.09. The van der Waals surface area contributed by atoms with Crippen LogP contribution in [-0.4, -0.2) is 42.2 Å². The molecule has 7 heteroatoms. The summed E-state index contributed by atoms with van der Waals surface area (Å²) in [5.41, 5.74) is 0.939. The number of hydrogen-bond acceptors (Lipinski definition) is 3. The number of unbranched alkanes of at least 4 members (excludes halogenated alkanes) is 1. The van der Waals surface area contributed by atoms with Crippen LogP contribution in [0.1, 0.15) is 36.0 Å². The van der Waals surface area contributed by atoms with Gasteiger partial charge in [-0.25, -0.2) is 0 Å². The first-order valence-electron chi connectivity index (χ1n) is 8.20. The minimum Gasteiger partial charge on any atom is -0.481 e. The van der Waals surface area contributed by atoms with Gasteiger partial charge in [0.25, 0.3) is 0 Å². The van der Waals surface area contributed by atoms with Crippen LogP contribution in [-0.2, 0) is 23.9 Å². The summed E-state index contributed by atoms with van der Waals surface area (Å²) in [5.74, 6) is -0.875. The van der Waals surface area contributed by atoms with Crippen LogP contribution in [0.25, 0.3) is 0 Å². The Labute approximate surface area is 139 Å². The maximum absolute atomic E-state index is 13.0. The number of carboxylic acids is 1. The first kappa shape index (κ1) is 18.7. The summed E-state index contributed by atoms with van der Waals surface area (Å²) in [6, 6.07) is 3.92. The molecule has 0 bridgehead atoms. The van der Waals surface area contributed by atoms with Crippen molar-refractivity contribution in [3.05, 3.63) is 34.9 Å². The standard InChI is InChI=1S/C17H23F3N2O2/c18-17(19,20)15-6-5-14(12-22-9-7-21-8-10-22)13(11-15)3-1-2-4-16(23)24/h5-6,11,21H,1-4,7-10,12H2,(H,23,24). The first-order chi connectivity index (χ1) is 11.4. The van der Waals surface area contributed by atoms with Gasteiger partial charge in [0, 0.05) is 39.1 Å². The molecule has 0 atom stereocenters. The Bertz CT molecular complexity index is 555. The number of piperazine rings is 1. The predicted octanol–water partition coefficient (Wildman–Crippen LogP) is 2.91. The van der Waals surface area contributed by atoms with Crippen LogP contribution >= 0.6 is 0 Å². The predicted molar refractivity (Wildman–Crippen MR) is 84.8 cm³/mol. The van der Waals surface area contributed by atoms with Crippen molar-refractivity contribution < 1.29 is 23.1 Å². The van der Waals surface area contributed by atoms with Gasteiger partial charge in [0.2, 0.25) is 0 Å². The van der Waals surface area contributed by atoms with Gasteiger partial charge in [-0.3, -0.25) is 9.69 Å². The molecule has 1 aromatic rings. The second kappa shape index (κ2) is 8.48. The zero-order chi connectivity index (χ0) is 17.6. The smallest absolute Gasteiger partial charge is 0.416 e. The SMILES string of the molecule is O=C(O)CCCCc1cc(C(F)(F)F)ccc1CN1CCNCC1. The Morgan fingerprint density at radius 2 is 1.88 bits per heavy atom. The average Bonchev–Trinajstić information content (AvgIpc) is 2.52. The van der Waals surface area contributed by atoms with E-state index in [0.717, 1.165) is 37.8 Å². The monoisotopic (exact) mass is 344 g/mol. The number of hydrogen-bond donors (Lipinski definition) is 2. The van der Waals surface area contributed by atoms with E-state index in [2.05, 4.69) is 10.2 Å². The molecule has 134 valence electrons. The van der Waals surface area contributed by atoms with E-state index in [1.807, 2.05) is 0 Å². The highest BCUT2D eigenvalue weighted by atomic mass is 19.4. The minimum atomic E-state index is -4.36. The molecular weight excluding hydrogens is 321 g/mol. The summed E-state index contributed by atoms with van der Waals surface area (Å²) in [4.78, 5) is 12.8. The van der Waals surface area contributed by atoms with Crippen molar-refractivity contribution in [1.82, 2.24) is 10.2 Å². The van der Waals surface area contributed by atoms with Crippen LogP contribution in [0.3, 0.4) is 0 Å². The van der Waals surface area contributed by atoms with Gasteiger partial charge in [0.15, 0.2) is 0 Å². The van der Waals surface area contributed by atoms with E-state index in [0.29, 0.717) is 31.4 Å². The second-order valence-electron chi connectivity index (χ2n) is 6.11. The number of carboxylic acid groups (broad SMARTS) is 1. The molecule has 0 saturated carbocycles. The van der Waals surface area contributed by atoms with Gasteiger partial charge in [-0.2, -0.15) is 13.2 Å². The average molecular weight is 344 g/mol. The Morgan fingerprint density at radius 3 is 2.50 bits per heavy atom. The molecule has 24 heavy (non-hydrogen) atoms. The molecule has 0 amide bonds. The molecule has 1 heterocycles. The first-order valence-corrected chi connectivity index (χ1v) is 8.20. The zero-order valence-electron chi connectivity index (χ0n) is 13.5. The van der Waals surface area contributed by atoms with Crippen molar-refractivity contribution >= 4 is 5.97 Å². The summed E-state index contributed by atoms with van der Waals surface area (Å²) in [6.07, 6.45) is -2.80. The molecule has 0 spiro atoms. The molecule has 1 fully saturated rings. The summed E-state index contributed by atoms with van der Waals surface area (Å²) >= 11 is 0. The molecule has 1 saturated heterocycles. The van der Waals surface area contributed by atoms with Crippen LogP contribution in [0.4, 0.5) is 13.2 Å². The third-order valence-electron chi connectivity index (χ3n) is 4.22. The number of nitrogens with one attached hydrogen (secondary N) is 1. The Morgan fingerprint density at radius 1 is 1.17 bits per heavy atom. The van der Waals surface area contributed by atoms with E-state index in [1.165, 1.54) is 6.07 Å². The lowest BCUT2D eigenvalue weighted by Gasteiger charge is -2.28. The highest BCUT2D eigenvalue weighted by Gasteiger charge is 2.31. The summed E-state index contributed by atoms with van der Waals surface area (Å²) in [6.45, 7) is 4.15. The highest BCUT2D eigenvalue weighted by molar-refractivity contribution is 5.66. The fraction of sp³-hybridized carbons (Fsp3) is 0.588. The maximum atomic E-state index is 13.0. The normalized spacial score (nSPS) is 16.3. The lowest BCUT2D eigenvalue weighted by atomic mass is 9.97. The van der Waals surface area contributed by atoms with Crippen molar-refractivity contribution in [3.8, 4) is 0 Å². The Hall–Kier alpha value is -1.60. The molecule has 1 aliphatic heterocycles. The number of aliphatic carboxylic acids is 1. The van der Waals surface area contributed by atoms with Crippen molar-refractivity contribution in [2.24, 2.45) is 0 Å². The molecule has 0 unspecified atom stereocenters. The molecular formula is C17H23F3N2O2. The lowest BCUT2D eigenvalue weighted by molar-refractivity contribution is -0.138. The van der Waals surface area contributed by atoms with Crippen LogP contribution in [0.2, 0.25) is 0 Å². The minimum absolute atomic E-state index is 0.0477. The van der Waals surface area contributed by atoms with E-state index in [1.54, 1.807) is 6.07 Å². The highest BCUT2D eigenvalue weighted by Crippen LogP contribution is 2.31. The number of alkyl halides is 3. The molecule has 2 N–H and O–H groups in total. The number of carbonyl (C=O) groups is 1. The van der Waals surface area contributed by atoms with Crippen molar-refractivity contribution in [3.63, 3.8) is 0 Å². The number of rotatable bonds is 7. The van der Waals surface area contributed by atoms with Gasteiger partial charge in [0.1, 0.15) is 0 Å². The van der Waals surface area contributed by atoms with Crippen molar-refractivity contribution in [2.75, 3.05) is 26.2 Å². The number of nitrogens with zero attached hydrogens (tertiary/aromatic N) is 1. The number of benzene rings is 1. The molecule has 0 aliphatic carbocycles. The third kappa shape index (κ3) is 5.79. The largest absolute Gasteiger partial charge is 0.481 e. The van der Waals surface area contributed by atoms with Gasteiger partial charge >= 0.3 is 12.1 Å². The summed E-state index contributed by atoms with van der Waals surface area (Å²) in [5, 5.41) is 11.9. The lowest BCUT2D eigenvalue weighted by Crippen LogP contribution is -2.43. The van der Waals surface area contributed by atoms with E-state index >= 15 is 0 Å². The van der Waals surface area contributed by atoms with Crippen molar-refractivity contribution in [2.45, 2.75) is 38.4 Å². The van der Waals surface area contributed by atoms with Crippen LogP contribution in [0, 0.1) is 0 Å².